The Morgan fingerprint density at radius 3 is 2.85 bits per heavy atom. The van der Waals surface area contributed by atoms with E-state index in [0.717, 1.165) is 69.9 Å². The van der Waals surface area contributed by atoms with E-state index >= 15 is 0 Å². The van der Waals surface area contributed by atoms with Gasteiger partial charge in [0.2, 0.25) is 5.91 Å². The molecule has 3 heterocycles. The van der Waals surface area contributed by atoms with Gasteiger partial charge in [0.25, 0.3) is 5.92 Å². The van der Waals surface area contributed by atoms with Crippen LogP contribution in [-0.4, -0.2) is 51.7 Å². The number of hydrogen-bond donors (Lipinski definition) is 1. The lowest BCUT2D eigenvalue weighted by atomic mass is 9.91. The van der Waals surface area contributed by atoms with Gasteiger partial charge in [0.1, 0.15) is 0 Å². The number of halogens is 2. The zero-order valence-corrected chi connectivity index (χ0v) is 19.4. The zero-order valence-electron chi connectivity index (χ0n) is 19.4. The number of carbonyl (C=O) groups is 1. The minimum atomic E-state index is -2.90. The van der Waals surface area contributed by atoms with Crippen molar-refractivity contribution in [2.45, 2.75) is 51.0 Å². The van der Waals surface area contributed by atoms with Gasteiger partial charge in [-0.1, -0.05) is 11.2 Å². The van der Waals surface area contributed by atoms with Crippen LogP contribution in [0.3, 0.4) is 0 Å². The normalized spacial score (nSPS) is 21.7. The Hall–Kier alpha value is -2.81. The molecule has 0 radical (unpaired) electrons. The van der Waals surface area contributed by atoms with Crippen LogP contribution in [0.15, 0.2) is 41.4 Å². The Morgan fingerprint density at radius 1 is 1.29 bits per heavy atom. The van der Waals surface area contributed by atoms with Crippen LogP contribution in [0.4, 0.5) is 8.78 Å². The molecule has 1 aliphatic carbocycles. The van der Waals surface area contributed by atoms with Crippen LogP contribution >= 0.6 is 0 Å². The van der Waals surface area contributed by atoms with Crippen molar-refractivity contribution < 1.29 is 18.1 Å². The van der Waals surface area contributed by atoms with Gasteiger partial charge in [0.05, 0.1) is 12.0 Å². The third-order valence-corrected chi connectivity index (χ3v) is 7.18. The first-order chi connectivity index (χ1) is 16.4. The molecule has 2 aromatic heterocycles. The maximum Gasteiger partial charge on any atom is 0.270 e. The van der Waals surface area contributed by atoms with Crippen LogP contribution in [0.5, 0.6) is 0 Å². The Balaban J connectivity index is 1.06. The molecule has 0 bridgehead atoms. The lowest BCUT2D eigenvalue weighted by Gasteiger charge is -2.31. The molecule has 1 saturated carbocycles. The van der Waals surface area contributed by atoms with E-state index in [1.807, 2.05) is 10.8 Å². The largest absolute Gasteiger partial charge is 0.356 e. The Kier molecular flexibility index (Phi) is 6.38. The van der Waals surface area contributed by atoms with E-state index in [4.69, 9.17) is 4.52 Å². The molecule has 1 aliphatic heterocycles. The molecule has 2 fully saturated rings. The Labute approximate surface area is 197 Å². The molecule has 0 spiro atoms. The fraction of sp³-hybridized carbons (Fsp3) is 0.560. The molecule has 1 aromatic carbocycles. The average Bonchev–Trinajstić information content (AvgIpc) is 3.20. The number of nitrogens with zero attached hydrogens (tertiary/aromatic N) is 4. The van der Waals surface area contributed by atoms with Gasteiger partial charge >= 0.3 is 0 Å². The standard InChI is InChI=1S/C25H31F2N5O2/c1-25(26,27)19-3-4-20-22(14-19)34-30-23(20)17-5-10-31(11-6-17)15-18-13-21(18)24(33)29-7-2-9-32-12-8-28-16-32/h3-4,8,12,14,16-18,21H,2,5-7,9-11,13,15H2,1H3,(H,29,33)/t18-,21+/m0/s1. The zero-order chi connectivity index (χ0) is 23.7. The highest BCUT2D eigenvalue weighted by Gasteiger charge is 2.43. The number of amides is 1. The van der Waals surface area contributed by atoms with Gasteiger partial charge in [-0.05, 0) is 56.8 Å². The number of aromatic nitrogens is 3. The number of aryl methyl sites for hydroxylation is 1. The third kappa shape index (κ3) is 5.14. The topological polar surface area (TPSA) is 76.2 Å². The molecule has 1 amide bonds. The average molecular weight is 472 g/mol. The molecule has 9 heteroatoms. The number of alkyl halides is 2. The highest BCUT2D eigenvalue weighted by Crippen LogP contribution is 2.41. The van der Waals surface area contributed by atoms with Gasteiger partial charge in [-0.3, -0.25) is 4.79 Å². The van der Waals surface area contributed by atoms with Crippen LogP contribution < -0.4 is 5.32 Å². The summed E-state index contributed by atoms with van der Waals surface area (Å²) in [6.45, 7) is 5.28. The fourth-order valence-corrected chi connectivity index (χ4v) is 5.04. The van der Waals surface area contributed by atoms with Crippen molar-refractivity contribution in [3.8, 4) is 0 Å². The molecule has 34 heavy (non-hydrogen) atoms. The first kappa shape index (κ1) is 23.0. The first-order valence-electron chi connectivity index (χ1n) is 12.1. The van der Waals surface area contributed by atoms with Crippen LogP contribution in [-0.2, 0) is 17.3 Å². The molecule has 2 atom stereocenters. The van der Waals surface area contributed by atoms with Crippen molar-refractivity contribution in [1.29, 1.82) is 0 Å². The van der Waals surface area contributed by atoms with Crippen molar-refractivity contribution in [3.63, 3.8) is 0 Å². The number of piperidine rings is 1. The summed E-state index contributed by atoms with van der Waals surface area (Å²) >= 11 is 0. The van der Waals surface area contributed by atoms with Crippen molar-refractivity contribution in [3.05, 3.63) is 48.2 Å². The highest BCUT2D eigenvalue weighted by atomic mass is 19.3. The van der Waals surface area contributed by atoms with Gasteiger partial charge in [-0.15, -0.1) is 0 Å². The van der Waals surface area contributed by atoms with E-state index in [2.05, 4.69) is 20.4 Å². The fourth-order valence-electron chi connectivity index (χ4n) is 5.04. The molecular formula is C25H31F2N5O2. The van der Waals surface area contributed by atoms with Crippen molar-refractivity contribution >= 4 is 16.9 Å². The summed E-state index contributed by atoms with van der Waals surface area (Å²) < 4.78 is 34.6. The number of fused-ring (bicyclic) bond motifs is 1. The van der Waals surface area contributed by atoms with E-state index in [9.17, 15) is 13.6 Å². The van der Waals surface area contributed by atoms with Crippen molar-refractivity contribution in [1.82, 2.24) is 24.9 Å². The van der Waals surface area contributed by atoms with Gasteiger partial charge < -0.3 is 19.3 Å². The van der Waals surface area contributed by atoms with Crippen LogP contribution in [0, 0.1) is 11.8 Å². The Morgan fingerprint density at radius 2 is 2.12 bits per heavy atom. The van der Waals surface area contributed by atoms with E-state index in [1.54, 1.807) is 18.6 Å². The Bertz CT molecular complexity index is 1120. The highest BCUT2D eigenvalue weighted by molar-refractivity contribution is 5.81. The number of hydrogen-bond acceptors (Lipinski definition) is 5. The molecular weight excluding hydrogens is 440 g/mol. The number of likely N-dealkylation sites (tertiary alicyclic amines) is 1. The van der Waals surface area contributed by atoms with Crippen LogP contribution in [0.25, 0.3) is 11.0 Å². The predicted molar refractivity (Wildman–Crippen MR) is 123 cm³/mol. The summed E-state index contributed by atoms with van der Waals surface area (Å²) in [5.74, 6) is -1.88. The van der Waals surface area contributed by atoms with E-state index in [-0.39, 0.29) is 23.3 Å². The van der Waals surface area contributed by atoms with E-state index in [1.165, 1.54) is 12.1 Å². The summed E-state index contributed by atoms with van der Waals surface area (Å²) in [5.41, 5.74) is 1.24. The summed E-state index contributed by atoms with van der Waals surface area (Å²) in [4.78, 5) is 18.9. The minimum Gasteiger partial charge on any atom is -0.356 e. The predicted octanol–water partition coefficient (Wildman–Crippen LogP) is 4.16. The molecule has 2 aliphatic rings. The SMILES string of the molecule is CC(F)(F)c1ccc2c(C3CCN(C[C@@H]4C[C@H]4C(=O)NCCCn4ccnc4)CC3)noc2c1. The van der Waals surface area contributed by atoms with Gasteiger partial charge in [0.15, 0.2) is 5.58 Å². The third-order valence-electron chi connectivity index (χ3n) is 7.18. The summed E-state index contributed by atoms with van der Waals surface area (Å²) in [5, 5.41) is 8.14. The number of rotatable bonds is 9. The molecule has 7 nitrogen and oxygen atoms in total. The molecule has 1 saturated heterocycles. The van der Waals surface area contributed by atoms with Crippen molar-refractivity contribution in [2.75, 3.05) is 26.2 Å². The second-order valence-corrected chi connectivity index (χ2v) is 9.79. The molecule has 182 valence electrons. The molecule has 5 rings (SSSR count). The van der Waals surface area contributed by atoms with Crippen molar-refractivity contribution in [2.24, 2.45) is 11.8 Å². The summed E-state index contributed by atoms with van der Waals surface area (Å²) in [6, 6.07) is 4.58. The minimum absolute atomic E-state index is 0.0567. The second kappa shape index (κ2) is 9.44. The second-order valence-electron chi connectivity index (χ2n) is 9.79. The lowest BCUT2D eigenvalue weighted by molar-refractivity contribution is -0.122. The number of imidazole rings is 1. The molecule has 3 aromatic rings. The monoisotopic (exact) mass is 471 g/mol. The molecule has 1 N–H and O–H groups in total. The number of benzene rings is 1. The quantitative estimate of drug-likeness (QED) is 0.475. The van der Waals surface area contributed by atoms with Crippen LogP contribution in [0.2, 0.25) is 0 Å². The van der Waals surface area contributed by atoms with E-state index in [0.29, 0.717) is 18.0 Å². The first-order valence-corrected chi connectivity index (χ1v) is 12.1. The van der Waals surface area contributed by atoms with Gasteiger partial charge in [0, 0.05) is 61.7 Å². The molecule has 0 unspecified atom stereocenters. The lowest BCUT2D eigenvalue weighted by Crippen LogP contribution is -2.35. The maximum atomic E-state index is 13.6. The van der Waals surface area contributed by atoms with Gasteiger partial charge in [-0.2, -0.15) is 0 Å². The number of nitrogens with one attached hydrogen (secondary N) is 1. The maximum absolute atomic E-state index is 13.6. The summed E-state index contributed by atoms with van der Waals surface area (Å²) in [7, 11) is 0. The van der Waals surface area contributed by atoms with E-state index < -0.39 is 5.92 Å². The number of carbonyl (C=O) groups excluding carboxylic acids is 1. The summed E-state index contributed by atoms with van der Waals surface area (Å²) in [6.07, 6.45) is 9.23. The van der Waals surface area contributed by atoms with Crippen LogP contribution in [0.1, 0.15) is 49.8 Å². The smallest absolute Gasteiger partial charge is 0.270 e. The van der Waals surface area contributed by atoms with Gasteiger partial charge in [-0.25, -0.2) is 13.8 Å².